The van der Waals surface area contributed by atoms with Crippen LogP contribution in [-0.2, 0) is 0 Å². The van der Waals surface area contributed by atoms with Gasteiger partial charge in [0.1, 0.15) is 41.0 Å². The molecule has 0 amide bonds. The molecule has 1 aliphatic rings. The molecule has 1 aromatic heterocycles. The van der Waals surface area contributed by atoms with Gasteiger partial charge in [-0.25, -0.2) is 4.99 Å². The van der Waals surface area contributed by atoms with Crippen molar-refractivity contribution in [1.82, 2.24) is 0 Å². The fraction of sp³-hybridized carbons (Fsp3) is 0.120. The van der Waals surface area contributed by atoms with E-state index >= 15 is 0 Å². The van der Waals surface area contributed by atoms with Crippen molar-refractivity contribution in [3.63, 3.8) is 0 Å². The zero-order chi connectivity index (χ0) is 22.7. The van der Waals surface area contributed by atoms with Crippen molar-refractivity contribution in [2.45, 2.75) is 5.92 Å². The second-order valence-corrected chi connectivity index (χ2v) is 6.84. The zero-order valence-electron chi connectivity index (χ0n) is 17.3. The molecule has 7 nitrogen and oxygen atoms in total. The van der Waals surface area contributed by atoms with E-state index in [2.05, 4.69) is 11.1 Å². The Morgan fingerprint density at radius 3 is 2.41 bits per heavy atom. The number of ether oxygens (including phenoxy) is 2. The van der Waals surface area contributed by atoms with Gasteiger partial charge in [-0.05, 0) is 11.6 Å². The Morgan fingerprint density at radius 1 is 1.03 bits per heavy atom. The monoisotopic (exact) mass is 420 g/mol. The summed E-state index contributed by atoms with van der Waals surface area (Å²) in [5.41, 5.74) is 2.54. The first kappa shape index (κ1) is 20.5. The number of nitriles is 3. The summed E-state index contributed by atoms with van der Waals surface area (Å²) in [4.78, 5) is 4.65. The lowest BCUT2D eigenvalue weighted by Crippen LogP contribution is -2.19. The molecule has 0 saturated heterocycles. The summed E-state index contributed by atoms with van der Waals surface area (Å²) in [6, 6.07) is 18.7. The minimum Gasteiger partial charge on any atom is -0.496 e. The molecule has 0 aliphatic carbocycles. The maximum Gasteiger partial charge on any atom is 0.156 e. The lowest BCUT2D eigenvalue weighted by molar-refractivity contribution is 0.388. The number of benzene rings is 2. The molecule has 0 radical (unpaired) electrons. The summed E-state index contributed by atoms with van der Waals surface area (Å²) in [6.07, 6.45) is 3.25. The topological polar surface area (TPSA) is 115 Å². The number of rotatable bonds is 4. The molecule has 0 saturated carbocycles. The molecule has 1 aliphatic heterocycles. The number of furan rings is 1. The van der Waals surface area contributed by atoms with Gasteiger partial charge >= 0.3 is 0 Å². The number of methoxy groups -OCH3 is 2. The average molecular weight is 420 g/mol. The Bertz CT molecular complexity index is 1410. The van der Waals surface area contributed by atoms with Crippen molar-refractivity contribution in [1.29, 1.82) is 15.8 Å². The molecule has 4 rings (SSSR count). The van der Waals surface area contributed by atoms with E-state index in [0.717, 1.165) is 10.9 Å². The highest BCUT2D eigenvalue weighted by Gasteiger charge is 2.32. The number of dihydropyridines is 1. The summed E-state index contributed by atoms with van der Waals surface area (Å²) in [7, 11) is 3.09. The molecular formula is C25H16N4O3. The summed E-state index contributed by atoms with van der Waals surface area (Å²) in [5, 5.41) is 29.4. The molecule has 7 heteroatoms. The fourth-order valence-electron chi connectivity index (χ4n) is 3.82. The number of hydrogen-bond donors (Lipinski definition) is 0. The Hall–Kier alpha value is -4.80. The Labute approximate surface area is 184 Å². The van der Waals surface area contributed by atoms with E-state index in [4.69, 9.17) is 13.9 Å². The summed E-state index contributed by atoms with van der Waals surface area (Å²) < 4.78 is 17.0. The molecule has 32 heavy (non-hydrogen) atoms. The lowest BCUT2D eigenvalue weighted by atomic mass is 9.83. The summed E-state index contributed by atoms with van der Waals surface area (Å²) >= 11 is 0. The average Bonchev–Trinajstić information content (AvgIpc) is 3.32. The first-order chi connectivity index (χ1) is 15.7. The smallest absolute Gasteiger partial charge is 0.156 e. The van der Waals surface area contributed by atoms with Crippen LogP contribution < -0.4 is 9.47 Å². The molecule has 154 valence electrons. The SMILES string of the molecule is COc1cc2occc2c(OC)c1C1C=C(C#N)C(=C(C#N)C#N)N=C1c1ccccc1. The van der Waals surface area contributed by atoms with E-state index in [1.54, 1.807) is 38.7 Å². The number of aliphatic imine (C=N–C) groups is 1. The zero-order valence-corrected chi connectivity index (χ0v) is 17.3. The number of hydrogen-bond acceptors (Lipinski definition) is 7. The largest absolute Gasteiger partial charge is 0.496 e. The summed E-state index contributed by atoms with van der Waals surface area (Å²) in [6.45, 7) is 0. The number of fused-ring (bicyclic) bond motifs is 1. The lowest BCUT2D eigenvalue weighted by Gasteiger charge is -2.25. The van der Waals surface area contributed by atoms with Gasteiger partial charge in [0, 0.05) is 11.6 Å². The predicted octanol–water partition coefficient (Wildman–Crippen LogP) is 4.79. The predicted molar refractivity (Wildman–Crippen MR) is 117 cm³/mol. The maximum absolute atomic E-state index is 9.80. The van der Waals surface area contributed by atoms with Crippen LogP contribution in [0.3, 0.4) is 0 Å². The molecule has 1 unspecified atom stereocenters. The van der Waals surface area contributed by atoms with E-state index in [-0.39, 0.29) is 16.8 Å². The van der Waals surface area contributed by atoms with E-state index in [1.165, 1.54) is 0 Å². The third-order valence-electron chi connectivity index (χ3n) is 5.21. The second kappa shape index (κ2) is 8.52. The van der Waals surface area contributed by atoms with Crippen LogP contribution in [0, 0.1) is 34.0 Å². The molecule has 2 aromatic carbocycles. The van der Waals surface area contributed by atoms with Crippen molar-refractivity contribution in [2.75, 3.05) is 14.2 Å². The minimum atomic E-state index is -0.543. The molecule has 3 aromatic rings. The van der Waals surface area contributed by atoms with E-state index in [1.807, 2.05) is 42.5 Å². The number of allylic oxidation sites excluding steroid dienone is 3. The molecule has 0 N–H and O–H groups in total. The third-order valence-corrected chi connectivity index (χ3v) is 5.21. The normalized spacial score (nSPS) is 15.1. The molecule has 0 fully saturated rings. The van der Waals surface area contributed by atoms with Gasteiger partial charge in [0.05, 0.1) is 43.1 Å². The maximum atomic E-state index is 9.80. The van der Waals surface area contributed by atoms with Crippen LogP contribution in [0.25, 0.3) is 11.0 Å². The molecule has 1 atom stereocenters. The highest BCUT2D eigenvalue weighted by atomic mass is 16.5. The van der Waals surface area contributed by atoms with Crippen LogP contribution in [-0.4, -0.2) is 19.9 Å². The van der Waals surface area contributed by atoms with Crippen molar-refractivity contribution in [3.8, 4) is 29.7 Å². The highest BCUT2D eigenvalue weighted by Crippen LogP contribution is 2.45. The van der Waals surface area contributed by atoms with Gasteiger partial charge in [-0.3, -0.25) is 0 Å². The first-order valence-electron chi connectivity index (χ1n) is 9.59. The van der Waals surface area contributed by atoms with Crippen LogP contribution in [0.5, 0.6) is 11.5 Å². The van der Waals surface area contributed by atoms with Crippen LogP contribution in [0.1, 0.15) is 17.0 Å². The fourth-order valence-corrected chi connectivity index (χ4v) is 3.82. The Morgan fingerprint density at radius 2 is 1.78 bits per heavy atom. The first-order valence-corrected chi connectivity index (χ1v) is 9.59. The quantitative estimate of drug-likeness (QED) is 0.561. The van der Waals surface area contributed by atoms with Gasteiger partial charge in [-0.15, -0.1) is 0 Å². The minimum absolute atomic E-state index is 0.0509. The molecule has 2 heterocycles. The molecular weight excluding hydrogens is 404 g/mol. The molecule has 0 bridgehead atoms. The van der Waals surface area contributed by atoms with Crippen molar-refractivity contribution in [2.24, 2.45) is 4.99 Å². The van der Waals surface area contributed by atoms with E-state index in [0.29, 0.717) is 28.4 Å². The van der Waals surface area contributed by atoms with Gasteiger partial charge in [-0.2, -0.15) is 15.8 Å². The van der Waals surface area contributed by atoms with Crippen LogP contribution in [0.4, 0.5) is 0 Å². The standard InChI is InChI=1S/C25H16N4O3/c1-30-21-11-20-18(8-9-32-20)25(31-2)22(21)19-10-16(12-26)23(17(13-27)14-28)29-24(19)15-6-4-3-5-7-15/h3-11,19H,1-2H3. The van der Waals surface area contributed by atoms with Gasteiger partial charge in [0.15, 0.2) is 5.57 Å². The second-order valence-electron chi connectivity index (χ2n) is 6.84. The Kier molecular flexibility index (Phi) is 5.45. The van der Waals surface area contributed by atoms with E-state index < -0.39 is 5.92 Å². The molecule has 0 spiro atoms. The van der Waals surface area contributed by atoms with E-state index in [9.17, 15) is 15.8 Å². The highest BCUT2D eigenvalue weighted by molar-refractivity contribution is 6.10. The Balaban J connectivity index is 2.08. The van der Waals surface area contributed by atoms with Crippen molar-refractivity contribution in [3.05, 3.63) is 82.8 Å². The summed E-state index contributed by atoms with van der Waals surface area (Å²) in [5.74, 6) is 0.488. The van der Waals surface area contributed by atoms with Gasteiger partial charge < -0.3 is 13.9 Å². The van der Waals surface area contributed by atoms with Crippen LogP contribution >= 0.6 is 0 Å². The van der Waals surface area contributed by atoms with Crippen LogP contribution in [0.15, 0.2) is 81.1 Å². The van der Waals surface area contributed by atoms with Crippen LogP contribution in [0.2, 0.25) is 0 Å². The van der Waals surface area contributed by atoms with Crippen molar-refractivity contribution >= 4 is 16.7 Å². The van der Waals surface area contributed by atoms with Gasteiger partial charge in [-0.1, -0.05) is 36.4 Å². The van der Waals surface area contributed by atoms with Gasteiger partial charge in [0.25, 0.3) is 0 Å². The number of nitrogens with zero attached hydrogens (tertiary/aromatic N) is 4. The third kappa shape index (κ3) is 3.27. The van der Waals surface area contributed by atoms with Crippen molar-refractivity contribution < 1.29 is 13.9 Å². The van der Waals surface area contributed by atoms with Gasteiger partial charge in [0.2, 0.25) is 0 Å².